The van der Waals surface area contributed by atoms with E-state index in [4.69, 9.17) is 11.3 Å². The first-order valence-corrected chi connectivity index (χ1v) is 8.77. The molecule has 5 nitrogen and oxygen atoms in total. The Morgan fingerprint density at radius 1 is 1.35 bits per heavy atom. The van der Waals surface area contributed by atoms with Crippen LogP contribution in [0.25, 0.3) is 4.85 Å². The molecule has 1 aromatic carbocycles. The summed E-state index contributed by atoms with van der Waals surface area (Å²) in [5.41, 5.74) is 1.57. The van der Waals surface area contributed by atoms with Gasteiger partial charge in [0.05, 0.1) is 24.8 Å². The van der Waals surface area contributed by atoms with Crippen LogP contribution in [-0.4, -0.2) is 37.4 Å². The average Bonchev–Trinajstić information content (AvgIpc) is 2.99. The lowest BCUT2D eigenvalue weighted by Gasteiger charge is -2.28. The number of hydrogen-bond acceptors (Lipinski definition) is 4. The lowest BCUT2D eigenvalue weighted by atomic mass is 9.99. The maximum atomic E-state index is 13.6. The Morgan fingerprint density at radius 2 is 2.00 bits per heavy atom. The van der Waals surface area contributed by atoms with E-state index in [0.717, 1.165) is 23.5 Å². The molecule has 0 saturated carbocycles. The maximum Gasteiger partial charge on any atom is 0.344 e. The zero-order valence-corrected chi connectivity index (χ0v) is 14.8. The van der Waals surface area contributed by atoms with Crippen molar-refractivity contribution in [2.75, 3.05) is 31.2 Å². The second kappa shape index (κ2) is 7.40. The largest absolute Gasteiger partial charge is 0.477 e. The zero-order chi connectivity index (χ0) is 18.8. The van der Waals surface area contributed by atoms with Gasteiger partial charge in [-0.15, -0.1) is 11.3 Å². The van der Waals surface area contributed by atoms with Crippen molar-refractivity contribution in [3.05, 3.63) is 56.8 Å². The molecule has 8 heteroatoms. The molecule has 1 saturated heterocycles. The standard InChI is InChI=1S/C18H16F2N2O3S/c1-10-7-13(19)14(20)9-11(10)8-12-15(21-2)17(26-16(12)18(23)24)22-3-5-25-6-4-22/h7,9H,3-6,8H2,1H3,(H,23,24). The van der Waals surface area contributed by atoms with Crippen molar-refractivity contribution in [2.45, 2.75) is 13.3 Å². The highest BCUT2D eigenvalue weighted by Crippen LogP contribution is 2.44. The third kappa shape index (κ3) is 3.41. The molecule has 0 unspecified atom stereocenters. The SMILES string of the molecule is [C-]#[N+]c1c(N2CCOCC2)sc(C(=O)O)c1Cc1cc(F)c(F)cc1C. The Kier molecular flexibility index (Phi) is 5.20. The second-order valence-corrected chi connectivity index (χ2v) is 6.95. The summed E-state index contributed by atoms with van der Waals surface area (Å²) in [5.74, 6) is -3.07. The van der Waals surface area contributed by atoms with Gasteiger partial charge in [0.25, 0.3) is 0 Å². The number of carbonyl (C=O) groups is 1. The van der Waals surface area contributed by atoms with Gasteiger partial charge in [-0.05, 0) is 42.2 Å². The van der Waals surface area contributed by atoms with E-state index in [1.807, 2.05) is 4.90 Å². The van der Waals surface area contributed by atoms with E-state index in [1.54, 1.807) is 6.92 Å². The Bertz CT molecular complexity index is 899. The molecule has 0 atom stereocenters. The molecule has 1 fully saturated rings. The fraction of sp³-hybridized carbons (Fsp3) is 0.333. The fourth-order valence-corrected chi connectivity index (χ4v) is 4.09. The number of benzene rings is 1. The topological polar surface area (TPSA) is 54.1 Å². The second-order valence-electron chi connectivity index (χ2n) is 5.95. The quantitative estimate of drug-likeness (QED) is 0.817. The van der Waals surface area contributed by atoms with Crippen LogP contribution in [0.3, 0.4) is 0 Å². The van der Waals surface area contributed by atoms with Gasteiger partial charge in [-0.2, -0.15) is 0 Å². The fourth-order valence-electron chi connectivity index (χ4n) is 2.94. The van der Waals surface area contributed by atoms with E-state index >= 15 is 0 Å². The van der Waals surface area contributed by atoms with Gasteiger partial charge in [-0.3, -0.25) is 0 Å². The van der Waals surface area contributed by atoms with Crippen LogP contribution in [0, 0.1) is 25.1 Å². The lowest BCUT2D eigenvalue weighted by Crippen LogP contribution is -2.35. The van der Waals surface area contributed by atoms with Crippen LogP contribution >= 0.6 is 11.3 Å². The minimum atomic E-state index is -1.13. The van der Waals surface area contributed by atoms with Gasteiger partial charge >= 0.3 is 5.97 Å². The third-order valence-corrected chi connectivity index (χ3v) is 5.58. The van der Waals surface area contributed by atoms with E-state index in [9.17, 15) is 18.7 Å². The van der Waals surface area contributed by atoms with E-state index in [-0.39, 0.29) is 17.0 Å². The number of thiophene rings is 1. The first-order chi connectivity index (χ1) is 12.4. The molecular formula is C18H16F2N2O3S. The summed E-state index contributed by atoms with van der Waals surface area (Å²) in [5, 5.41) is 10.2. The molecule has 1 aromatic heterocycles. The van der Waals surface area contributed by atoms with Crippen molar-refractivity contribution in [2.24, 2.45) is 0 Å². The highest BCUT2D eigenvalue weighted by molar-refractivity contribution is 7.18. The summed E-state index contributed by atoms with van der Waals surface area (Å²) < 4.78 is 32.3. The number of aryl methyl sites for hydroxylation is 1. The summed E-state index contributed by atoms with van der Waals surface area (Å²) in [6.45, 7) is 11.3. The molecule has 1 aliphatic heterocycles. The third-order valence-electron chi connectivity index (χ3n) is 4.31. The molecule has 0 aliphatic carbocycles. The number of nitrogens with zero attached hydrogens (tertiary/aromatic N) is 2. The molecule has 1 aliphatic rings. The van der Waals surface area contributed by atoms with Gasteiger partial charge in [-0.25, -0.2) is 18.4 Å². The number of hydrogen-bond donors (Lipinski definition) is 1. The first kappa shape index (κ1) is 18.3. The minimum absolute atomic E-state index is 0.0571. The maximum absolute atomic E-state index is 13.6. The molecule has 136 valence electrons. The van der Waals surface area contributed by atoms with Crippen molar-refractivity contribution in [3.8, 4) is 0 Å². The number of carboxylic acids is 1. The Labute approximate surface area is 153 Å². The predicted octanol–water partition coefficient (Wildman–Crippen LogP) is 4.01. The van der Waals surface area contributed by atoms with Crippen LogP contribution < -0.4 is 4.90 Å². The normalized spacial score (nSPS) is 14.3. The summed E-state index contributed by atoms with van der Waals surface area (Å²) in [6.07, 6.45) is 0.0587. The summed E-state index contributed by atoms with van der Waals surface area (Å²) in [6, 6.07) is 2.15. The summed E-state index contributed by atoms with van der Waals surface area (Å²) >= 11 is 1.05. The molecular weight excluding hydrogens is 362 g/mol. The minimum Gasteiger partial charge on any atom is -0.477 e. The Morgan fingerprint density at radius 3 is 2.62 bits per heavy atom. The number of rotatable bonds is 4. The molecule has 1 N–H and O–H groups in total. The molecule has 0 spiro atoms. The summed E-state index contributed by atoms with van der Waals surface area (Å²) in [7, 11) is 0. The number of aromatic carboxylic acids is 1. The highest BCUT2D eigenvalue weighted by atomic mass is 32.1. The summed E-state index contributed by atoms with van der Waals surface area (Å²) in [4.78, 5) is 17.3. The smallest absolute Gasteiger partial charge is 0.344 e. The van der Waals surface area contributed by atoms with Crippen molar-refractivity contribution in [3.63, 3.8) is 0 Å². The van der Waals surface area contributed by atoms with Crippen LogP contribution in [0.5, 0.6) is 0 Å². The van der Waals surface area contributed by atoms with Crippen LogP contribution in [0.2, 0.25) is 0 Å². The van der Waals surface area contributed by atoms with Crippen LogP contribution in [0.4, 0.5) is 19.5 Å². The van der Waals surface area contributed by atoms with Crippen LogP contribution in [-0.2, 0) is 11.2 Å². The number of carboxylic acid groups (broad SMARTS) is 1. The molecule has 2 aromatic rings. The average molecular weight is 378 g/mol. The van der Waals surface area contributed by atoms with E-state index in [2.05, 4.69) is 4.85 Å². The molecule has 3 rings (SSSR count). The van der Waals surface area contributed by atoms with Gasteiger partial charge in [-0.1, -0.05) is 0 Å². The van der Waals surface area contributed by atoms with Gasteiger partial charge in [0.2, 0.25) is 5.69 Å². The number of halogens is 2. The van der Waals surface area contributed by atoms with E-state index in [1.165, 1.54) is 0 Å². The van der Waals surface area contributed by atoms with Gasteiger partial charge in [0.1, 0.15) is 4.88 Å². The Hall–Kier alpha value is -2.50. The van der Waals surface area contributed by atoms with E-state index < -0.39 is 17.6 Å². The number of ether oxygens (including phenoxy) is 1. The number of morpholine rings is 1. The van der Waals surface area contributed by atoms with Crippen LogP contribution in [0.1, 0.15) is 26.4 Å². The molecule has 26 heavy (non-hydrogen) atoms. The molecule has 2 heterocycles. The van der Waals surface area contributed by atoms with Crippen molar-refractivity contribution in [1.82, 2.24) is 0 Å². The van der Waals surface area contributed by atoms with Gasteiger partial charge in [0.15, 0.2) is 11.6 Å². The first-order valence-electron chi connectivity index (χ1n) is 7.96. The highest BCUT2D eigenvalue weighted by Gasteiger charge is 2.27. The van der Waals surface area contributed by atoms with Gasteiger partial charge < -0.3 is 14.7 Å². The van der Waals surface area contributed by atoms with Crippen molar-refractivity contribution in [1.29, 1.82) is 0 Å². The monoisotopic (exact) mass is 378 g/mol. The Balaban J connectivity index is 2.08. The number of anilines is 1. The molecule has 0 bridgehead atoms. The van der Waals surface area contributed by atoms with Crippen molar-refractivity contribution >= 4 is 28.0 Å². The van der Waals surface area contributed by atoms with Crippen molar-refractivity contribution < 1.29 is 23.4 Å². The molecule has 0 amide bonds. The van der Waals surface area contributed by atoms with Crippen LogP contribution in [0.15, 0.2) is 12.1 Å². The van der Waals surface area contributed by atoms with Gasteiger partial charge in [0, 0.05) is 13.1 Å². The lowest BCUT2D eigenvalue weighted by molar-refractivity contribution is 0.0701. The van der Waals surface area contributed by atoms with E-state index in [0.29, 0.717) is 48.0 Å². The predicted molar refractivity (Wildman–Crippen MR) is 94.5 cm³/mol. The molecule has 0 radical (unpaired) electrons. The zero-order valence-electron chi connectivity index (χ0n) is 14.0.